The summed E-state index contributed by atoms with van der Waals surface area (Å²) in [5.74, 6) is 0.945. The van der Waals surface area contributed by atoms with E-state index in [-0.39, 0.29) is 17.4 Å². The van der Waals surface area contributed by atoms with Crippen LogP contribution in [0.25, 0.3) is 11.5 Å². The number of benzene rings is 1. The van der Waals surface area contributed by atoms with Crippen molar-refractivity contribution in [1.82, 2.24) is 15.0 Å². The summed E-state index contributed by atoms with van der Waals surface area (Å²) in [6.45, 7) is 7.81. The van der Waals surface area contributed by atoms with Crippen molar-refractivity contribution in [2.24, 2.45) is 0 Å². The number of hydrogen-bond acceptors (Lipinski definition) is 5. The van der Waals surface area contributed by atoms with Crippen LogP contribution in [-0.2, 0) is 5.41 Å². The van der Waals surface area contributed by atoms with E-state index in [1.54, 1.807) is 24.5 Å². The maximum atomic E-state index is 13.1. The lowest BCUT2D eigenvalue weighted by molar-refractivity contribution is 0.0352. The Morgan fingerprint density at radius 1 is 1.14 bits per heavy atom. The molecule has 1 atom stereocenters. The molecule has 6 heteroatoms. The fourth-order valence-corrected chi connectivity index (χ4v) is 4.56. The molecule has 1 unspecified atom stereocenters. The van der Waals surface area contributed by atoms with Gasteiger partial charge >= 0.3 is 0 Å². The van der Waals surface area contributed by atoms with Gasteiger partial charge in [0.1, 0.15) is 0 Å². The molecule has 0 saturated carbocycles. The first-order valence-corrected chi connectivity index (χ1v) is 9.66. The van der Waals surface area contributed by atoms with Crippen LogP contribution < -0.4 is 0 Å². The topological polar surface area (TPSA) is 62.7 Å². The van der Waals surface area contributed by atoms with Gasteiger partial charge in [0, 0.05) is 37.7 Å². The van der Waals surface area contributed by atoms with E-state index in [2.05, 4.69) is 48.2 Å². The van der Waals surface area contributed by atoms with Crippen LogP contribution >= 0.6 is 0 Å². The highest BCUT2D eigenvalue weighted by Gasteiger charge is 2.41. The molecular weight excluding hydrogens is 354 g/mol. The van der Waals surface area contributed by atoms with Crippen LogP contribution in [0.2, 0.25) is 0 Å². The third-order valence-corrected chi connectivity index (χ3v) is 5.92. The van der Waals surface area contributed by atoms with E-state index in [0.717, 1.165) is 13.1 Å². The number of aromatic nitrogens is 1. The highest BCUT2D eigenvalue weighted by Crippen LogP contribution is 2.41. The van der Waals surface area contributed by atoms with Crippen LogP contribution in [-0.4, -0.2) is 47.0 Å². The molecule has 0 aliphatic carbocycles. The van der Waals surface area contributed by atoms with Crippen molar-refractivity contribution in [1.29, 1.82) is 0 Å². The fraction of sp³-hybridized carbons (Fsp3) is 0.364. The largest absolute Gasteiger partial charge is 0.461 e. The van der Waals surface area contributed by atoms with Gasteiger partial charge in [-0.1, -0.05) is 43.3 Å². The molecular formula is C22H23N3O3. The van der Waals surface area contributed by atoms with Gasteiger partial charge in [-0.3, -0.25) is 9.69 Å². The van der Waals surface area contributed by atoms with E-state index in [9.17, 15) is 4.79 Å². The van der Waals surface area contributed by atoms with Crippen molar-refractivity contribution in [3.8, 4) is 11.5 Å². The number of furan rings is 1. The maximum Gasteiger partial charge on any atom is 0.276 e. The SMILES string of the molecule is CC1(C)CN2CCN(C(=O)c3cc(-c4ccco4)on3)CC2c2ccccc21. The molecule has 0 radical (unpaired) electrons. The summed E-state index contributed by atoms with van der Waals surface area (Å²) in [5.41, 5.74) is 3.15. The molecule has 2 aliphatic heterocycles. The standard InChI is InChI=1S/C22H23N3O3/c1-22(2)14-25-10-9-24(13-18(25)15-6-3-4-7-16(15)22)21(26)17-12-20(28-23-17)19-8-5-11-27-19/h3-8,11-12,18H,9-10,13-14H2,1-2H3. The maximum absolute atomic E-state index is 13.1. The van der Waals surface area contributed by atoms with Crippen molar-refractivity contribution in [2.45, 2.75) is 25.3 Å². The molecule has 5 rings (SSSR count). The number of nitrogens with zero attached hydrogens (tertiary/aromatic N) is 3. The predicted octanol–water partition coefficient (Wildman–Crippen LogP) is 3.72. The highest BCUT2D eigenvalue weighted by atomic mass is 16.5. The lowest BCUT2D eigenvalue weighted by Gasteiger charge is -2.49. The Hall–Kier alpha value is -2.86. The van der Waals surface area contributed by atoms with Crippen LogP contribution in [0.4, 0.5) is 0 Å². The lowest BCUT2D eigenvalue weighted by atomic mass is 9.75. The number of rotatable bonds is 2. The smallest absolute Gasteiger partial charge is 0.276 e. The van der Waals surface area contributed by atoms with Crippen molar-refractivity contribution in [3.05, 3.63) is 65.5 Å². The number of carbonyl (C=O) groups excluding carboxylic acids is 1. The average Bonchev–Trinajstić information content (AvgIpc) is 3.39. The van der Waals surface area contributed by atoms with Crippen LogP contribution in [0.5, 0.6) is 0 Å². The molecule has 1 fully saturated rings. The minimum absolute atomic E-state index is 0.0940. The molecule has 0 N–H and O–H groups in total. The van der Waals surface area contributed by atoms with E-state index >= 15 is 0 Å². The van der Waals surface area contributed by atoms with E-state index in [0.29, 0.717) is 30.3 Å². The first-order chi connectivity index (χ1) is 13.5. The Bertz CT molecular complexity index is 1010. The normalized spacial score (nSPS) is 21.2. The molecule has 1 amide bonds. The molecule has 1 saturated heterocycles. The van der Waals surface area contributed by atoms with Crippen LogP contribution in [0.15, 0.2) is 57.7 Å². The summed E-state index contributed by atoms with van der Waals surface area (Å²) >= 11 is 0. The quantitative estimate of drug-likeness (QED) is 0.681. The first-order valence-electron chi connectivity index (χ1n) is 9.66. The summed E-state index contributed by atoms with van der Waals surface area (Å²) in [5, 5.41) is 3.98. The van der Waals surface area contributed by atoms with Gasteiger partial charge in [0.15, 0.2) is 11.5 Å². The van der Waals surface area contributed by atoms with Gasteiger partial charge in [0.05, 0.1) is 12.3 Å². The number of fused-ring (bicyclic) bond motifs is 3. The van der Waals surface area contributed by atoms with Gasteiger partial charge in [-0.05, 0) is 23.3 Å². The number of hydrogen-bond donors (Lipinski definition) is 0. The van der Waals surface area contributed by atoms with Gasteiger partial charge in [0.2, 0.25) is 5.76 Å². The monoisotopic (exact) mass is 377 g/mol. The molecule has 4 heterocycles. The Morgan fingerprint density at radius 3 is 2.82 bits per heavy atom. The number of piperazine rings is 1. The summed E-state index contributed by atoms with van der Waals surface area (Å²) < 4.78 is 10.6. The summed E-state index contributed by atoms with van der Waals surface area (Å²) in [6.07, 6.45) is 1.57. The molecule has 3 aromatic rings. The Balaban J connectivity index is 1.40. The second-order valence-corrected chi connectivity index (χ2v) is 8.26. The molecule has 1 aromatic carbocycles. The zero-order valence-electron chi connectivity index (χ0n) is 16.1. The third-order valence-electron chi connectivity index (χ3n) is 5.92. The Morgan fingerprint density at radius 2 is 2.00 bits per heavy atom. The minimum Gasteiger partial charge on any atom is -0.461 e. The van der Waals surface area contributed by atoms with Crippen LogP contribution in [0, 0.1) is 0 Å². The van der Waals surface area contributed by atoms with Gasteiger partial charge in [-0.15, -0.1) is 0 Å². The van der Waals surface area contributed by atoms with Crippen LogP contribution in [0.1, 0.15) is 41.5 Å². The summed E-state index contributed by atoms with van der Waals surface area (Å²) in [6, 6.07) is 14.1. The molecule has 6 nitrogen and oxygen atoms in total. The van der Waals surface area contributed by atoms with Gasteiger partial charge in [-0.25, -0.2) is 0 Å². The molecule has 0 bridgehead atoms. The van der Waals surface area contributed by atoms with Crippen molar-refractivity contribution in [2.75, 3.05) is 26.2 Å². The second kappa shape index (κ2) is 6.34. The second-order valence-electron chi connectivity index (χ2n) is 8.26. The average molecular weight is 377 g/mol. The van der Waals surface area contributed by atoms with Crippen molar-refractivity contribution < 1.29 is 13.7 Å². The van der Waals surface area contributed by atoms with Gasteiger partial charge in [-0.2, -0.15) is 0 Å². The Kier molecular flexibility index (Phi) is 3.91. The van der Waals surface area contributed by atoms with Crippen molar-refractivity contribution in [3.63, 3.8) is 0 Å². The van der Waals surface area contributed by atoms with E-state index in [1.165, 1.54) is 11.1 Å². The number of carbonyl (C=O) groups is 1. The van der Waals surface area contributed by atoms with Gasteiger partial charge < -0.3 is 13.8 Å². The Labute approximate surface area is 163 Å². The first kappa shape index (κ1) is 17.3. The zero-order valence-corrected chi connectivity index (χ0v) is 16.1. The van der Waals surface area contributed by atoms with E-state index < -0.39 is 0 Å². The molecule has 0 spiro atoms. The summed E-state index contributed by atoms with van der Waals surface area (Å²) in [4.78, 5) is 17.4. The fourth-order valence-electron chi connectivity index (χ4n) is 4.56. The molecule has 144 valence electrons. The molecule has 28 heavy (non-hydrogen) atoms. The summed E-state index contributed by atoms with van der Waals surface area (Å²) in [7, 11) is 0. The zero-order chi connectivity index (χ0) is 19.3. The molecule has 2 aromatic heterocycles. The highest BCUT2D eigenvalue weighted by molar-refractivity contribution is 5.93. The predicted molar refractivity (Wildman–Crippen MR) is 104 cm³/mol. The third kappa shape index (κ3) is 2.76. The number of amides is 1. The van der Waals surface area contributed by atoms with Crippen molar-refractivity contribution >= 4 is 5.91 Å². The van der Waals surface area contributed by atoms with E-state index in [4.69, 9.17) is 8.94 Å². The molecule has 2 aliphatic rings. The minimum atomic E-state index is -0.0940. The lowest BCUT2D eigenvalue weighted by Crippen LogP contribution is -2.56. The van der Waals surface area contributed by atoms with E-state index in [1.807, 2.05) is 4.90 Å². The van der Waals surface area contributed by atoms with Crippen LogP contribution in [0.3, 0.4) is 0 Å². The van der Waals surface area contributed by atoms with Gasteiger partial charge in [0.25, 0.3) is 5.91 Å².